The molecule has 0 saturated heterocycles. The zero-order valence-electron chi connectivity index (χ0n) is 11.8. The Hall–Kier alpha value is -1.10. The van der Waals surface area contributed by atoms with Gasteiger partial charge in [-0.25, -0.2) is 4.39 Å². The van der Waals surface area contributed by atoms with E-state index in [2.05, 4.69) is 21.2 Å². The number of nitrogens with one attached hydrogen (secondary N) is 1. The Morgan fingerprint density at radius 2 is 2.10 bits per heavy atom. The summed E-state index contributed by atoms with van der Waals surface area (Å²) < 4.78 is 20.2. The second kappa shape index (κ2) is 7.25. The molecule has 0 bridgehead atoms. The molecule has 2 aromatic rings. The van der Waals surface area contributed by atoms with Gasteiger partial charge in [0.15, 0.2) is 0 Å². The number of hydrogen-bond acceptors (Lipinski definition) is 2. The van der Waals surface area contributed by atoms with Crippen LogP contribution < -0.4 is 10.1 Å². The number of rotatable bonds is 5. The first-order valence-electron chi connectivity index (χ1n) is 6.50. The molecule has 2 nitrogen and oxygen atoms in total. The fraction of sp³-hybridized carbons (Fsp3) is 0.250. The largest absolute Gasteiger partial charge is 0.496 e. The van der Waals surface area contributed by atoms with Crippen molar-refractivity contribution in [2.75, 3.05) is 14.2 Å². The Kier molecular flexibility index (Phi) is 5.62. The molecule has 0 aliphatic rings. The molecule has 0 fully saturated rings. The molecule has 112 valence electrons. The lowest BCUT2D eigenvalue weighted by molar-refractivity contribution is 0.412. The summed E-state index contributed by atoms with van der Waals surface area (Å²) in [5.74, 6) is 0.403. The van der Waals surface area contributed by atoms with Crippen molar-refractivity contribution in [2.45, 2.75) is 12.5 Å². The van der Waals surface area contributed by atoms with Crippen molar-refractivity contribution in [1.29, 1.82) is 0 Å². The fourth-order valence-corrected chi connectivity index (χ4v) is 3.00. The first-order valence-corrected chi connectivity index (χ1v) is 7.67. The Morgan fingerprint density at radius 3 is 2.71 bits per heavy atom. The van der Waals surface area contributed by atoms with Gasteiger partial charge in [0.1, 0.15) is 11.6 Å². The summed E-state index contributed by atoms with van der Waals surface area (Å²) in [6, 6.07) is 10.7. The minimum atomic E-state index is -0.369. The first-order chi connectivity index (χ1) is 10.1. The summed E-state index contributed by atoms with van der Waals surface area (Å²) in [5, 5.41) is 3.28. The van der Waals surface area contributed by atoms with Gasteiger partial charge in [0.05, 0.1) is 16.6 Å². The predicted molar refractivity (Wildman–Crippen MR) is 87.6 cm³/mol. The van der Waals surface area contributed by atoms with Gasteiger partial charge < -0.3 is 10.1 Å². The van der Waals surface area contributed by atoms with Gasteiger partial charge in [0.25, 0.3) is 0 Å². The maximum absolute atomic E-state index is 14.1. The van der Waals surface area contributed by atoms with E-state index < -0.39 is 0 Å². The molecule has 5 heteroatoms. The van der Waals surface area contributed by atoms with Crippen LogP contribution in [0.3, 0.4) is 0 Å². The highest BCUT2D eigenvalue weighted by Crippen LogP contribution is 2.29. The van der Waals surface area contributed by atoms with Crippen LogP contribution in [0.5, 0.6) is 5.75 Å². The molecule has 1 atom stereocenters. The van der Waals surface area contributed by atoms with E-state index in [1.165, 1.54) is 0 Å². The minimum Gasteiger partial charge on any atom is -0.496 e. The second-order valence-electron chi connectivity index (χ2n) is 4.66. The molecule has 0 aliphatic heterocycles. The third-order valence-electron chi connectivity index (χ3n) is 3.36. The lowest BCUT2D eigenvalue weighted by atomic mass is 9.98. The third-order valence-corrected chi connectivity index (χ3v) is 4.27. The summed E-state index contributed by atoms with van der Waals surface area (Å²) >= 11 is 9.32. The third kappa shape index (κ3) is 3.76. The summed E-state index contributed by atoms with van der Waals surface area (Å²) in [7, 11) is 3.43. The fourth-order valence-electron chi connectivity index (χ4n) is 2.23. The summed E-state index contributed by atoms with van der Waals surface area (Å²) in [5.41, 5.74) is 1.64. The van der Waals surface area contributed by atoms with E-state index in [1.54, 1.807) is 25.3 Å². The molecule has 2 rings (SSSR count). The van der Waals surface area contributed by atoms with Crippen LogP contribution in [0.15, 0.2) is 40.9 Å². The van der Waals surface area contributed by atoms with Gasteiger partial charge in [0, 0.05) is 11.6 Å². The molecule has 1 unspecified atom stereocenters. The highest BCUT2D eigenvalue weighted by atomic mass is 79.9. The molecular weight excluding hydrogens is 357 g/mol. The standard InChI is InChI=1S/C16H16BrClFNO/c1-20-14(11-4-3-5-13(18)16(11)19)9-10-6-7-15(21-2)12(17)8-10/h3-8,14,20H,9H2,1-2H3. The molecule has 0 amide bonds. The maximum atomic E-state index is 14.1. The topological polar surface area (TPSA) is 21.3 Å². The molecule has 2 aromatic carbocycles. The molecule has 21 heavy (non-hydrogen) atoms. The molecule has 1 N–H and O–H groups in total. The van der Waals surface area contributed by atoms with Crippen molar-refractivity contribution in [3.8, 4) is 5.75 Å². The van der Waals surface area contributed by atoms with E-state index in [-0.39, 0.29) is 16.9 Å². The molecule has 0 spiro atoms. The molecule has 0 heterocycles. The van der Waals surface area contributed by atoms with Crippen LogP contribution in [0.4, 0.5) is 4.39 Å². The number of likely N-dealkylation sites (N-methyl/N-ethyl adjacent to an activating group) is 1. The summed E-state index contributed by atoms with van der Waals surface area (Å²) in [6.07, 6.45) is 0.649. The molecular formula is C16H16BrClFNO. The van der Waals surface area contributed by atoms with Gasteiger partial charge in [-0.3, -0.25) is 0 Å². The van der Waals surface area contributed by atoms with Gasteiger partial charge in [-0.1, -0.05) is 29.8 Å². The predicted octanol–water partition coefficient (Wildman–Crippen LogP) is 4.75. The van der Waals surface area contributed by atoms with E-state index >= 15 is 0 Å². The highest BCUT2D eigenvalue weighted by molar-refractivity contribution is 9.10. The lowest BCUT2D eigenvalue weighted by Gasteiger charge is -2.18. The first kappa shape index (κ1) is 16.3. The van der Waals surface area contributed by atoms with Gasteiger partial charge in [0.2, 0.25) is 0 Å². The Balaban J connectivity index is 2.27. The lowest BCUT2D eigenvalue weighted by Crippen LogP contribution is -2.20. The van der Waals surface area contributed by atoms with Crippen LogP contribution in [-0.4, -0.2) is 14.2 Å². The Bertz CT molecular complexity index is 636. The number of hydrogen-bond donors (Lipinski definition) is 1. The second-order valence-corrected chi connectivity index (χ2v) is 5.92. The number of methoxy groups -OCH3 is 1. The molecule has 0 radical (unpaired) electrons. The molecule has 0 aromatic heterocycles. The number of halogens is 3. The van der Waals surface area contributed by atoms with Crippen LogP contribution in [0, 0.1) is 5.82 Å². The van der Waals surface area contributed by atoms with Gasteiger partial charge >= 0.3 is 0 Å². The smallest absolute Gasteiger partial charge is 0.146 e. The minimum absolute atomic E-state index is 0.142. The normalized spacial score (nSPS) is 12.2. The Labute approximate surface area is 137 Å². The van der Waals surface area contributed by atoms with Gasteiger partial charge in [-0.15, -0.1) is 0 Å². The van der Waals surface area contributed by atoms with E-state index in [0.29, 0.717) is 12.0 Å². The van der Waals surface area contributed by atoms with Gasteiger partial charge in [-0.2, -0.15) is 0 Å². The Morgan fingerprint density at radius 1 is 1.33 bits per heavy atom. The summed E-state index contributed by atoms with van der Waals surface area (Å²) in [4.78, 5) is 0. The average Bonchev–Trinajstić information content (AvgIpc) is 2.48. The van der Waals surface area contributed by atoms with E-state index in [0.717, 1.165) is 15.8 Å². The number of ether oxygens (including phenoxy) is 1. The van der Waals surface area contributed by atoms with Crippen molar-refractivity contribution >= 4 is 27.5 Å². The monoisotopic (exact) mass is 371 g/mol. The van der Waals surface area contributed by atoms with Crippen LogP contribution in [-0.2, 0) is 6.42 Å². The average molecular weight is 373 g/mol. The van der Waals surface area contributed by atoms with Crippen LogP contribution in [0.25, 0.3) is 0 Å². The molecule has 0 saturated carbocycles. The number of benzene rings is 2. The van der Waals surface area contributed by atoms with Crippen LogP contribution >= 0.6 is 27.5 Å². The maximum Gasteiger partial charge on any atom is 0.146 e. The zero-order chi connectivity index (χ0) is 15.4. The molecule has 0 aliphatic carbocycles. The van der Waals surface area contributed by atoms with Gasteiger partial charge in [-0.05, 0) is 53.2 Å². The van der Waals surface area contributed by atoms with Crippen molar-refractivity contribution in [1.82, 2.24) is 5.32 Å². The van der Waals surface area contributed by atoms with Crippen molar-refractivity contribution < 1.29 is 9.13 Å². The SMILES string of the molecule is CNC(Cc1ccc(OC)c(Br)c1)c1cccc(Cl)c1F. The van der Waals surface area contributed by atoms with Crippen molar-refractivity contribution in [2.24, 2.45) is 0 Å². The van der Waals surface area contributed by atoms with Crippen LogP contribution in [0.1, 0.15) is 17.2 Å². The quantitative estimate of drug-likeness (QED) is 0.817. The van der Waals surface area contributed by atoms with Crippen molar-refractivity contribution in [3.05, 3.63) is 62.8 Å². The van der Waals surface area contributed by atoms with E-state index in [9.17, 15) is 4.39 Å². The highest BCUT2D eigenvalue weighted by Gasteiger charge is 2.17. The van der Waals surface area contributed by atoms with E-state index in [1.807, 2.05) is 25.2 Å². The zero-order valence-corrected chi connectivity index (χ0v) is 14.1. The van der Waals surface area contributed by atoms with E-state index in [4.69, 9.17) is 16.3 Å². The van der Waals surface area contributed by atoms with Crippen LogP contribution in [0.2, 0.25) is 5.02 Å². The van der Waals surface area contributed by atoms with Crippen molar-refractivity contribution in [3.63, 3.8) is 0 Å². The summed E-state index contributed by atoms with van der Waals surface area (Å²) in [6.45, 7) is 0.